The van der Waals surface area contributed by atoms with Gasteiger partial charge in [-0.05, 0) is 65.4 Å². The molecule has 4 bridgehead atoms. The van der Waals surface area contributed by atoms with Crippen molar-refractivity contribution in [3.63, 3.8) is 0 Å². The predicted octanol–water partition coefficient (Wildman–Crippen LogP) is 2.51. The largest absolute Gasteiger partial charge is 0.481 e. The third-order valence-corrected chi connectivity index (χ3v) is 6.72. The summed E-state index contributed by atoms with van der Waals surface area (Å²) in [5.74, 6) is -4.05. The minimum atomic E-state index is -1.19. The van der Waals surface area contributed by atoms with E-state index in [1.165, 1.54) is 0 Å². The van der Waals surface area contributed by atoms with Gasteiger partial charge in [0.15, 0.2) is 0 Å². The van der Waals surface area contributed by atoms with Gasteiger partial charge in [0.1, 0.15) is 16.0 Å². The van der Waals surface area contributed by atoms with Crippen LogP contribution < -0.4 is 0 Å². The summed E-state index contributed by atoms with van der Waals surface area (Å²) < 4.78 is 10.1. The van der Waals surface area contributed by atoms with Gasteiger partial charge in [0, 0.05) is 6.08 Å². The Morgan fingerprint density at radius 3 is 2.46 bits per heavy atom. The number of fused-ring (bicyclic) bond motifs is 4. The molecule has 6 unspecified atom stereocenters. The van der Waals surface area contributed by atoms with E-state index in [-0.39, 0.29) is 22.2 Å². The molecule has 0 aromatic carbocycles. The van der Waals surface area contributed by atoms with Crippen molar-refractivity contribution in [1.82, 2.24) is 0 Å². The van der Waals surface area contributed by atoms with E-state index in [2.05, 4.69) is 22.0 Å². The number of ether oxygens (including phenoxy) is 2. The van der Waals surface area contributed by atoms with Crippen LogP contribution in [0.1, 0.15) is 25.7 Å². The second-order valence-electron chi connectivity index (χ2n) is 7.91. The molecule has 4 aliphatic rings. The summed E-state index contributed by atoms with van der Waals surface area (Å²) in [5, 5.41) is 9.37. The molecule has 0 heterocycles. The number of hydrogen-bond acceptors (Lipinski definition) is 6. The third-order valence-electron chi connectivity index (χ3n) is 6.16. The van der Waals surface area contributed by atoms with Crippen LogP contribution in [-0.2, 0) is 28.7 Å². The number of halogens is 1. The lowest BCUT2D eigenvalue weighted by Gasteiger charge is -2.28. The molecule has 0 radical (unpaired) electrons. The Morgan fingerprint density at radius 2 is 1.86 bits per heavy atom. The monoisotopic (exact) mass is 450 g/mol. The highest BCUT2D eigenvalue weighted by Gasteiger charge is 2.55. The van der Waals surface area contributed by atoms with Gasteiger partial charge in [-0.25, -0.2) is 9.59 Å². The molecule has 4 rings (SSSR count). The fourth-order valence-corrected chi connectivity index (χ4v) is 5.14. The van der Waals surface area contributed by atoms with Gasteiger partial charge >= 0.3 is 23.9 Å². The number of rotatable bonds is 5. The topological polar surface area (TPSA) is 107 Å². The number of esters is 3. The smallest absolute Gasteiger partial charge is 0.353 e. The zero-order valence-electron chi connectivity index (χ0n) is 14.9. The van der Waals surface area contributed by atoms with Crippen LogP contribution in [0.25, 0.3) is 0 Å². The second kappa shape index (κ2) is 6.99. The molecule has 0 aliphatic heterocycles. The lowest BCUT2D eigenvalue weighted by molar-refractivity contribution is -0.163. The van der Waals surface area contributed by atoms with Gasteiger partial charge in [0.2, 0.25) is 0 Å². The number of hydrogen-bond donors (Lipinski definition) is 1. The zero-order valence-corrected chi connectivity index (χ0v) is 16.5. The minimum Gasteiger partial charge on any atom is -0.481 e. The average molecular weight is 451 g/mol. The third kappa shape index (κ3) is 3.34. The molecule has 2 fully saturated rings. The van der Waals surface area contributed by atoms with Crippen LogP contribution in [-0.4, -0.2) is 34.6 Å². The Morgan fingerprint density at radius 1 is 1.07 bits per heavy atom. The number of carboxylic acid groups (broad SMARTS) is 1. The van der Waals surface area contributed by atoms with Crippen LogP contribution in [0.4, 0.5) is 0 Å². The Bertz CT molecular complexity index is 841. The highest BCUT2D eigenvalue weighted by Crippen LogP contribution is 2.49. The van der Waals surface area contributed by atoms with E-state index in [0.717, 1.165) is 12.5 Å². The Balaban J connectivity index is 1.37. The van der Waals surface area contributed by atoms with Gasteiger partial charge in [0.05, 0.1) is 5.92 Å². The van der Waals surface area contributed by atoms with Crippen molar-refractivity contribution in [1.29, 1.82) is 0 Å². The fourth-order valence-electron chi connectivity index (χ4n) is 4.87. The average Bonchev–Trinajstić information content (AvgIpc) is 3.40. The molecule has 2 saturated carbocycles. The summed E-state index contributed by atoms with van der Waals surface area (Å²) in [6.07, 6.45) is 10.8. The molecule has 0 aromatic heterocycles. The highest BCUT2D eigenvalue weighted by atomic mass is 79.9. The van der Waals surface area contributed by atoms with Crippen molar-refractivity contribution in [2.24, 2.45) is 29.6 Å². The van der Waals surface area contributed by atoms with E-state index < -0.39 is 35.4 Å². The van der Waals surface area contributed by atoms with Crippen molar-refractivity contribution in [2.75, 3.05) is 0 Å². The van der Waals surface area contributed by atoms with Gasteiger partial charge < -0.3 is 14.6 Å². The number of carboxylic acids is 1. The molecule has 8 heteroatoms. The fraction of sp³-hybridized carbons (Fsp3) is 0.500. The molecular weight excluding hydrogens is 432 g/mol. The first-order valence-electron chi connectivity index (χ1n) is 9.24. The molecule has 0 saturated heterocycles. The van der Waals surface area contributed by atoms with Gasteiger partial charge in [-0.15, -0.1) is 0 Å². The molecular formula is C20H19BrO7. The molecule has 0 aromatic rings. The van der Waals surface area contributed by atoms with Crippen LogP contribution in [0.2, 0.25) is 0 Å². The summed E-state index contributed by atoms with van der Waals surface area (Å²) in [4.78, 5) is 48.0. The molecule has 0 spiro atoms. The lowest BCUT2D eigenvalue weighted by Crippen LogP contribution is -2.40. The van der Waals surface area contributed by atoms with Gasteiger partial charge in [0.25, 0.3) is 0 Å². The molecule has 4 aliphatic carbocycles. The number of carbonyl (C=O) groups excluding carboxylic acids is 3. The van der Waals surface area contributed by atoms with Gasteiger partial charge in [-0.3, -0.25) is 9.59 Å². The molecule has 7 nitrogen and oxygen atoms in total. The van der Waals surface area contributed by atoms with Crippen LogP contribution in [0.15, 0.2) is 34.9 Å². The Kier molecular flexibility index (Phi) is 4.77. The summed E-state index contributed by atoms with van der Waals surface area (Å²) >= 11 is 2.95. The summed E-state index contributed by atoms with van der Waals surface area (Å²) in [6, 6.07) is 0. The van der Waals surface area contributed by atoms with E-state index >= 15 is 0 Å². The summed E-state index contributed by atoms with van der Waals surface area (Å²) in [5.41, 5.74) is -1.19. The van der Waals surface area contributed by atoms with Gasteiger partial charge in [-0.2, -0.15) is 0 Å². The Hall–Kier alpha value is -2.22. The molecule has 0 amide bonds. The van der Waals surface area contributed by atoms with Crippen molar-refractivity contribution < 1.29 is 33.8 Å². The highest BCUT2D eigenvalue weighted by molar-refractivity contribution is 9.12. The molecule has 28 heavy (non-hydrogen) atoms. The number of carbonyl (C=O) groups is 4. The quantitative estimate of drug-likeness (QED) is 0.296. The first-order chi connectivity index (χ1) is 13.3. The number of allylic oxidation sites excluding steroid dienone is 3. The Labute approximate surface area is 169 Å². The van der Waals surface area contributed by atoms with E-state index in [0.29, 0.717) is 25.2 Å². The molecule has 6 atom stereocenters. The lowest BCUT2D eigenvalue weighted by atomic mass is 9.89. The van der Waals surface area contributed by atoms with Crippen LogP contribution in [0.5, 0.6) is 0 Å². The normalized spacial score (nSPS) is 37.3. The van der Waals surface area contributed by atoms with E-state index in [1.807, 2.05) is 12.2 Å². The zero-order chi connectivity index (χ0) is 20.1. The standard InChI is InChI=1S/C20H19BrO7/c21-15(19(26)27-18(25)13-6-10-1-2-12(13)5-10)8-16(22)28-20-4-3-11(9-20)7-14(20)17(23)24/h1-4,8,10-14H,5-7,9H2,(H,23,24). The predicted molar refractivity (Wildman–Crippen MR) is 98.8 cm³/mol. The van der Waals surface area contributed by atoms with Crippen molar-refractivity contribution in [2.45, 2.75) is 31.3 Å². The van der Waals surface area contributed by atoms with Crippen LogP contribution in [0.3, 0.4) is 0 Å². The number of aliphatic carboxylic acids is 1. The second-order valence-corrected chi connectivity index (χ2v) is 8.77. The van der Waals surface area contributed by atoms with Crippen molar-refractivity contribution >= 4 is 39.8 Å². The first kappa shape index (κ1) is 19.1. The molecule has 1 N–H and O–H groups in total. The van der Waals surface area contributed by atoms with E-state index in [1.54, 1.807) is 6.08 Å². The summed E-state index contributed by atoms with van der Waals surface area (Å²) in [6.45, 7) is 0. The van der Waals surface area contributed by atoms with Crippen LogP contribution in [0, 0.1) is 29.6 Å². The maximum absolute atomic E-state index is 12.3. The van der Waals surface area contributed by atoms with Gasteiger partial charge in [-0.1, -0.05) is 18.2 Å². The van der Waals surface area contributed by atoms with E-state index in [9.17, 15) is 24.3 Å². The van der Waals surface area contributed by atoms with E-state index in [4.69, 9.17) is 9.47 Å². The first-order valence-corrected chi connectivity index (χ1v) is 10.0. The summed E-state index contributed by atoms with van der Waals surface area (Å²) in [7, 11) is 0. The van der Waals surface area contributed by atoms with Crippen molar-refractivity contribution in [3.05, 3.63) is 34.9 Å². The maximum atomic E-state index is 12.3. The minimum absolute atomic E-state index is 0.0692. The van der Waals surface area contributed by atoms with Crippen molar-refractivity contribution in [3.8, 4) is 0 Å². The molecule has 148 valence electrons. The SMILES string of the molecule is O=C(C=C(Br)C(=O)OC(=O)C1CC2C=CC1C2)OC12C=CC(CC1C(=O)O)C2. The maximum Gasteiger partial charge on any atom is 0.353 e. The van der Waals surface area contributed by atoms with Crippen LogP contribution >= 0.6 is 15.9 Å².